The van der Waals surface area contributed by atoms with Crippen molar-refractivity contribution in [3.8, 4) is 0 Å². The Morgan fingerprint density at radius 1 is 1.24 bits per heavy atom. The lowest BCUT2D eigenvalue weighted by atomic mass is 10.0. The molecule has 0 saturated heterocycles. The van der Waals surface area contributed by atoms with Crippen LogP contribution in [-0.2, 0) is 4.79 Å². The number of aromatic amines is 2. The topological polar surface area (TPSA) is 116 Å². The zero-order valence-electron chi connectivity index (χ0n) is 13.9. The first-order valence-corrected chi connectivity index (χ1v) is 8.81. The molecule has 2 heterocycles. The van der Waals surface area contributed by atoms with Gasteiger partial charge in [0.15, 0.2) is 0 Å². The van der Waals surface area contributed by atoms with Gasteiger partial charge in [-0.15, -0.1) is 5.10 Å². The molecule has 25 heavy (non-hydrogen) atoms. The second-order valence-corrected chi connectivity index (χ2v) is 6.61. The first-order chi connectivity index (χ1) is 12.1. The molecule has 0 bridgehead atoms. The number of benzene rings is 1. The number of aryl methyl sites for hydroxylation is 1. The molecule has 8 nitrogen and oxygen atoms in total. The quantitative estimate of drug-likeness (QED) is 0.452. The monoisotopic (exact) mass is 358 g/mol. The van der Waals surface area contributed by atoms with Gasteiger partial charge >= 0.3 is 0 Å². The third-order valence-corrected chi connectivity index (χ3v) is 4.59. The molecule has 0 radical (unpaired) electrons. The van der Waals surface area contributed by atoms with Gasteiger partial charge in [-0.2, -0.15) is 5.10 Å². The Morgan fingerprint density at radius 2 is 2.00 bits per heavy atom. The number of amides is 1. The van der Waals surface area contributed by atoms with Crippen LogP contribution in [0.15, 0.2) is 34.2 Å². The molecule has 3 rings (SSSR count). The van der Waals surface area contributed by atoms with Crippen LogP contribution < -0.4 is 10.9 Å². The molecule has 1 aromatic carbocycles. The number of aromatic nitrogens is 5. The Bertz CT molecular complexity index is 951. The van der Waals surface area contributed by atoms with Crippen molar-refractivity contribution in [2.45, 2.75) is 24.9 Å². The smallest absolute Gasteiger partial charge is 0.272 e. The van der Waals surface area contributed by atoms with Gasteiger partial charge in [0.05, 0.1) is 17.0 Å². The third-order valence-electron chi connectivity index (χ3n) is 3.74. The van der Waals surface area contributed by atoms with E-state index in [0.29, 0.717) is 33.9 Å². The summed E-state index contributed by atoms with van der Waals surface area (Å²) in [6.07, 6.45) is 0. The van der Waals surface area contributed by atoms with Crippen molar-refractivity contribution >= 4 is 28.4 Å². The Labute approximate surface area is 147 Å². The van der Waals surface area contributed by atoms with Crippen LogP contribution in [0.25, 0.3) is 10.8 Å². The fraction of sp³-hybridized carbons (Fsp3) is 0.312. The van der Waals surface area contributed by atoms with Crippen LogP contribution in [0.3, 0.4) is 0 Å². The molecule has 2 aromatic heterocycles. The number of hydrogen-bond acceptors (Lipinski definition) is 6. The van der Waals surface area contributed by atoms with Gasteiger partial charge in [0, 0.05) is 17.7 Å². The summed E-state index contributed by atoms with van der Waals surface area (Å²) >= 11 is 1.46. The molecule has 9 heteroatoms. The predicted octanol–water partition coefficient (Wildman–Crippen LogP) is 1.36. The Hall–Kier alpha value is -2.68. The van der Waals surface area contributed by atoms with E-state index in [1.165, 1.54) is 11.8 Å². The normalized spacial score (nSPS) is 12.2. The molecule has 1 atom stereocenters. The maximum Gasteiger partial charge on any atom is 0.272 e. The molecule has 0 aliphatic rings. The van der Waals surface area contributed by atoms with Crippen LogP contribution in [0, 0.1) is 6.92 Å². The van der Waals surface area contributed by atoms with Crippen LogP contribution in [0.2, 0.25) is 0 Å². The summed E-state index contributed by atoms with van der Waals surface area (Å²) in [5, 5.41) is 18.1. The van der Waals surface area contributed by atoms with Crippen molar-refractivity contribution in [3.05, 3.63) is 46.1 Å². The standard InChI is InChI=1S/C16H18N6O2S/c1-9(13-11-5-3-4-6-12(11)15(24)21-20-13)14(23)17-7-8-25-16-18-10(2)19-22-16/h3-6,9H,7-8H2,1-2H3,(H,17,23)(H,21,24)(H,18,19,22). The zero-order chi connectivity index (χ0) is 17.8. The van der Waals surface area contributed by atoms with Gasteiger partial charge in [-0.1, -0.05) is 30.0 Å². The van der Waals surface area contributed by atoms with E-state index < -0.39 is 5.92 Å². The Kier molecular flexibility index (Phi) is 5.13. The van der Waals surface area contributed by atoms with E-state index in [1.54, 1.807) is 25.1 Å². The van der Waals surface area contributed by atoms with Crippen molar-refractivity contribution in [2.75, 3.05) is 12.3 Å². The van der Waals surface area contributed by atoms with Gasteiger partial charge in [0.1, 0.15) is 5.82 Å². The largest absolute Gasteiger partial charge is 0.355 e. The highest BCUT2D eigenvalue weighted by Crippen LogP contribution is 2.21. The summed E-state index contributed by atoms with van der Waals surface area (Å²) in [7, 11) is 0. The predicted molar refractivity (Wildman–Crippen MR) is 95.6 cm³/mol. The minimum absolute atomic E-state index is 0.142. The number of fused-ring (bicyclic) bond motifs is 1. The van der Waals surface area contributed by atoms with Gasteiger partial charge in [-0.25, -0.2) is 10.1 Å². The first kappa shape index (κ1) is 17.2. The zero-order valence-corrected chi connectivity index (χ0v) is 14.7. The van der Waals surface area contributed by atoms with E-state index in [2.05, 4.69) is 30.7 Å². The minimum atomic E-state index is -0.475. The fourth-order valence-electron chi connectivity index (χ4n) is 2.45. The summed E-state index contributed by atoms with van der Waals surface area (Å²) < 4.78 is 0. The van der Waals surface area contributed by atoms with E-state index in [-0.39, 0.29) is 11.5 Å². The van der Waals surface area contributed by atoms with E-state index >= 15 is 0 Å². The summed E-state index contributed by atoms with van der Waals surface area (Å²) in [5.41, 5.74) is 0.301. The van der Waals surface area contributed by atoms with Crippen molar-refractivity contribution in [1.29, 1.82) is 0 Å². The molecule has 0 fully saturated rings. The molecule has 1 unspecified atom stereocenters. The minimum Gasteiger partial charge on any atom is -0.355 e. The number of nitrogens with zero attached hydrogens (tertiary/aromatic N) is 3. The van der Waals surface area contributed by atoms with Crippen LogP contribution in [0.1, 0.15) is 24.4 Å². The van der Waals surface area contributed by atoms with Gasteiger partial charge in [-0.05, 0) is 19.9 Å². The molecule has 3 N–H and O–H groups in total. The summed E-state index contributed by atoms with van der Waals surface area (Å²) in [4.78, 5) is 28.4. The van der Waals surface area contributed by atoms with Crippen LogP contribution >= 0.6 is 11.8 Å². The Morgan fingerprint density at radius 3 is 2.72 bits per heavy atom. The van der Waals surface area contributed by atoms with Crippen LogP contribution in [0.4, 0.5) is 0 Å². The van der Waals surface area contributed by atoms with E-state index in [9.17, 15) is 9.59 Å². The van der Waals surface area contributed by atoms with Crippen molar-refractivity contribution in [3.63, 3.8) is 0 Å². The number of thioether (sulfide) groups is 1. The molecule has 0 aliphatic heterocycles. The molecular formula is C16H18N6O2S. The average molecular weight is 358 g/mol. The van der Waals surface area contributed by atoms with Gasteiger partial charge in [0.2, 0.25) is 11.1 Å². The van der Waals surface area contributed by atoms with E-state index in [0.717, 1.165) is 5.82 Å². The van der Waals surface area contributed by atoms with Crippen molar-refractivity contribution in [1.82, 2.24) is 30.7 Å². The lowest BCUT2D eigenvalue weighted by molar-refractivity contribution is -0.122. The average Bonchev–Trinajstić information content (AvgIpc) is 3.04. The molecule has 0 aliphatic carbocycles. The molecule has 0 spiro atoms. The number of carbonyl (C=O) groups is 1. The van der Waals surface area contributed by atoms with Crippen molar-refractivity contribution in [2.24, 2.45) is 0 Å². The fourth-order valence-corrected chi connectivity index (χ4v) is 3.14. The lowest BCUT2D eigenvalue weighted by Crippen LogP contribution is -2.31. The van der Waals surface area contributed by atoms with Crippen LogP contribution in [-0.4, -0.2) is 43.6 Å². The maximum atomic E-state index is 12.4. The van der Waals surface area contributed by atoms with Crippen molar-refractivity contribution < 1.29 is 4.79 Å². The molecule has 1 amide bonds. The molecule has 0 saturated carbocycles. The first-order valence-electron chi connectivity index (χ1n) is 7.83. The van der Waals surface area contributed by atoms with Crippen LogP contribution in [0.5, 0.6) is 0 Å². The van der Waals surface area contributed by atoms with Gasteiger partial charge in [0.25, 0.3) is 5.56 Å². The highest BCUT2D eigenvalue weighted by Gasteiger charge is 2.20. The second kappa shape index (κ2) is 7.47. The molecule has 3 aromatic rings. The summed E-state index contributed by atoms with van der Waals surface area (Å²) in [6, 6.07) is 7.14. The molecule has 130 valence electrons. The number of rotatable bonds is 6. The summed E-state index contributed by atoms with van der Waals surface area (Å²) in [5.74, 6) is 0.806. The summed E-state index contributed by atoms with van der Waals surface area (Å²) in [6.45, 7) is 4.10. The second-order valence-electron chi connectivity index (χ2n) is 5.55. The van der Waals surface area contributed by atoms with Gasteiger partial charge in [-0.3, -0.25) is 14.7 Å². The number of nitrogens with one attached hydrogen (secondary N) is 3. The Balaban J connectivity index is 1.63. The van der Waals surface area contributed by atoms with E-state index in [4.69, 9.17) is 0 Å². The lowest BCUT2D eigenvalue weighted by Gasteiger charge is -2.13. The number of carbonyl (C=O) groups excluding carboxylic acids is 1. The molecular weight excluding hydrogens is 340 g/mol. The highest BCUT2D eigenvalue weighted by atomic mass is 32.2. The van der Waals surface area contributed by atoms with E-state index in [1.807, 2.05) is 13.0 Å². The highest BCUT2D eigenvalue weighted by molar-refractivity contribution is 7.99. The number of H-pyrrole nitrogens is 2. The van der Waals surface area contributed by atoms with Gasteiger partial charge < -0.3 is 5.32 Å². The maximum absolute atomic E-state index is 12.4. The SMILES string of the molecule is Cc1nc(SCCNC(=O)C(C)c2n[nH]c(=O)c3ccccc23)n[nH]1. The number of hydrogen-bond donors (Lipinski definition) is 3. The third kappa shape index (κ3) is 3.87.